The number of rotatable bonds is 4. The molecule has 0 radical (unpaired) electrons. The van der Waals surface area contributed by atoms with Gasteiger partial charge in [-0.3, -0.25) is 0 Å². The molecule has 1 aromatic rings. The standard InChI is InChI=1S/C18H28N2O/c1-21-13-7-12-20-15-18(10-5-2-6-11-18)19-14-16-8-3-4-9-17(16)20/h3-4,8-9,19H,2,5-7,10-15H2,1H3. The molecule has 1 spiro atoms. The average Bonchev–Trinajstić information content (AvgIpc) is 2.67. The first-order valence-electron chi connectivity index (χ1n) is 8.40. The van der Waals surface area contributed by atoms with Crippen LogP contribution >= 0.6 is 0 Å². The maximum Gasteiger partial charge on any atom is 0.0479 e. The van der Waals surface area contributed by atoms with E-state index in [0.29, 0.717) is 5.54 Å². The topological polar surface area (TPSA) is 24.5 Å². The first-order chi connectivity index (χ1) is 10.3. The Labute approximate surface area is 128 Å². The van der Waals surface area contributed by atoms with Gasteiger partial charge in [0.15, 0.2) is 0 Å². The van der Waals surface area contributed by atoms with Crippen molar-refractivity contribution in [3.8, 4) is 0 Å². The molecule has 2 aliphatic rings. The largest absolute Gasteiger partial charge is 0.385 e. The van der Waals surface area contributed by atoms with Crippen LogP contribution in [0.2, 0.25) is 0 Å². The zero-order valence-electron chi connectivity index (χ0n) is 13.2. The maximum absolute atomic E-state index is 5.25. The molecule has 0 saturated heterocycles. The van der Waals surface area contributed by atoms with Gasteiger partial charge in [0.2, 0.25) is 0 Å². The summed E-state index contributed by atoms with van der Waals surface area (Å²) in [5.74, 6) is 0. The fourth-order valence-corrected chi connectivity index (χ4v) is 3.92. The van der Waals surface area contributed by atoms with Crippen molar-refractivity contribution in [3.63, 3.8) is 0 Å². The van der Waals surface area contributed by atoms with Gasteiger partial charge < -0.3 is 15.0 Å². The van der Waals surface area contributed by atoms with Gasteiger partial charge in [-0.25, -0.2) is 0 Å². The molecule has 1 saturated carbocycles. The molecule has 1 aromatic carbocycles. The zero-order valence-corrected chi connectivity index (χ0v) is 13.2. The van der Waals surface area contributed by atoms with E-state index in [0.717, 1.165) is 32.7 Å². The molecule has 3 rings (SSSR count). The number of nitrogens with zero attached hydrogens (tertiary/aromatic N) is 1. The number of nitrogens with one attached hydrogen (secondary N) is 1. The first kappa shape index (κ1) is 14.9. The Morgan fingerprint density at radius 3 is 2.81 bits per heavy atom. The number of para-hydroxylation sites is 1. The van der Waals surface area contributed by atoms with Gasteiger partial charge in [-0.2, -0.15) is 0 Å². The number of ether oxygens (including phenoxy) is 1. The van der Waals surface area contributed by atoms with Crippen molar-refractivity contribution in [2.24, 2.45) is 0 Å². The maximum atomic E-state index is 5.25. The summed E-state index contributed by atoms with van der Waals surface area (Å²) in [6, 6.07) is 8.88. The Bertz CT molecular complexity index is 454. The third-order valence-electron chi connectivity index (χ3n) is 5.07. The summed E-state index contributed by atoms with van der Waals surface area (Å²) < 4.78 is 5.25. The van der Waals surface area contributed by atoms with Gasteiger partial charge in [-0.15, -0.1) is 0 Å². The lowest BCUT2D eigenvalue weighted by molar-refractivity contribution is 0.193. The normalized spacial score (nSPS) is 21.1. The smallest absolute Gasteiger partial charge is 0.0479 e. The van der Waals surface area contributed by atoms with Crippen molar-refractivity contribution >= 4 is 5.69 Å². The van der Waals surface area contributed by atoms with Gasteiger partial charge in [0.25, 0.3) is 0 Å². The van der Waals surface area contributed by atoms with E-state index in [1.807, 2.05) is 0 Å². The van der Waals surface area contributed by atoms with E-state index in [9.17, 15) is 0 Å². The molecule has 0 unspecified atom stereocenters. The minimum atomic E-state index is 0.324. The molecule has 0 amide bonds. The molecule has 3 nitrogen and oxygen atoms in total. The van der Waals surface area contributed by atoms with Gasteiger partial charge in [-0.1, -0.05) is 37.5 Å². The average molecular weight is 288 g/mol. The van der Waals surface area contributed by atoms with Gasteiger partial charge in [0, 0.05) is 44.6 Å². The quantitative estimate of drug-likeness (QED) is 0.860. The number of hydrogen-bond acceptors (Lipinski definition) is 3. The second-order valence-electron chi connectivity index (χ2n) is 6.59. The number of anilines is 1. The van der Waals surface area contributed by atoms with Crippen LogP contribution in [0.4, 0.5) is 5.69 Å². The van der Waals surface area contributed by atoms with Gasteiger partial charge in [0.05, 0.1) is 0 Å². The zero-order chi connectivity index (χ0) is 14.5. The van der Waals surface area contributed by atoms with Crippen molar-refractivity contribution in [2.75, 3.05) is 31.7 Å². The Morgan fingerprint density at radius 2 is 2.00 bits per heavy atom. The minimum absolute atomic E-state index is 0.324. The van der Waals surface area contributed by atoms with Crippen LogP contribution in [0.15, 0.2) is 24.3 Å². The number of methoxy groups -OCH3 is 1. The van der Waals surface area contributed by atoms with E-state index in [4.69, 9.17) is 4.74 Å². The van der Waals surface area contributed by atoms with Crippen LogP contribution in [0.3, 0.4) is 0 Å². The number of hydrogen-bond donors (Lipinski definition) is 1. The molecule has 3 heteroatoms. The summed E-state index contributed by atoms with van der Waals surface area (Å²) in [6.45, 7) is 4.10. The van der Waals surface area contributed by atoms with E-state index >= 15 is 0 Å². The Balaban J connectivity index is 1.81. The van der Waals surface area contributed by atoms with E-state index in [1.165, 1.54) is 43.4 Å². The summed E-state index contributed by atoms with van der Waals surface area (Å²) in [7, 11) is 1.79. The molecule has 0 atom stereocenters. The van der Waals surface area contributed by atoms with Crippen molar-refractivity contribution in [2.45, 2.75) is 50.6 Å². The van der Waals surface area contributed by atoms with Crippen LogP contribution in [-0.2, 0) is 11.3 Å². The molecule has 21 heavy (non-hydrogen) atoms. The highest BCUT2D eigenvalue weighted by atomic mass is 16.5. The first-order valence-corrected chi connectivity index (χ1v) is 8.40. The molecule has 1 fully saturated rings. The van der Waals surface area contributed by atoms with Crippen LogP contribution in [0, 0.1) is 0 Å². The lowest BCUT2D eigenvalue weighted by Crippen LogP contribution is -2.53. The molecular formula is C18H28N2O. The molecule has 1 aliphatic heterocycles. The number of benzene rings is 1. The molecule has 1 aliphatic carbocycles. The highest BCUT2D eigenvalue weighted by Gasteiger charge is 2.35. The molecule has 1 N–H and O–H groups in total. The van der Waals surface area contributed by atoms with Crippen LogP contribution in [0.5, 0.6) is 0 Å². The highest BCUT2D eigenvalue weighted by Crippen LogP contribution is 2.34. The van der Waals surface area contributed by atoms with Crippen molar-refractivity contribution in [1.82, 2.24) is 5.32 Å². The molecular weight excluding hydrogens is 260 g/mol. The van der Waals surface area contributed by atoms with Gasteiger partial charge in [0.1, 0.15) is 0 Å². The van der Waals surface area contributed by atoms with Crippen LogP contribution in [0.1, 0.15) is 44.1 Å². The van der Waals surface area contributed by atoms with Crippen LogP contribution in [0.25, 0.3) is 0 Å². The van der Waals surface area contributed by atoms with E-state index in [-0.39, 0.29) is 0 Å². The van der Waals surface area contributed by atoms with E-state index in [1.54, 1.807) is 7.11 Å². The summed E-state index contributed by atoms with van der Waals surface area (Å²) >= 11 is 0. The molecule has 0 bridgehead atoms. The fraction of sp³-hybridized carbons (Fsp3) is 0.667. The predicted octanol–water partition coefficient (Wildman–Crippen LogP) is 3.34. The second-order valence-corrected chi connectivity index (χ2v) is 6.59. The molecule has 116 valence electrons. The Kier molecular flexibility index (Phi) is 4.81. The second kappa shape index (κ2) is 6.80. The van der Waals surface area contributed by atoms with Crippen LogP contribution in [-0.4, -0.2) is 32.3 Å². The van der Waals surface area contributed by atoms with E-state index < -0.39 is 0 Å². The van der Waals surface area contributed by atoms with Gasteiger partial charge >= 0.3 is 0 Å². The predicted molar refractivity (Wildman–Crippen MR) is 87.8 cm³/mol. The van der Waals surface area contributed by atoms with Crippen LogP contribution < -0.4 is 10.2 Å². The third-order valence-corrected chi connectivity index (χ3v) is 5.07. The highest BCUT2D eigenvalue weighted by molar-refractivity contribution is 5.55. The molecule has 1 heterocycles. The van der Waals surface area contributed by atoms with Crippen molar-refractivity contribution < 1.29 is 4.74 Å². The summed E-state index contributed by atoms with van der Waals surface area (Å²) in [4.78, 5) is 2.60. The number of fused-ring (bicyclic) bond motifs is 1. The Morgan fingerprint density at radius 1 is 1.19 bits per heavy atom. The lowest BCUT2D eigenvalue weighted by atomic mass is 9.81. The molecule has 0 aromatic heterocycles. The summed E-state index contributed by atoms with van der Waals surface area (Å²) in [5, 5.41) is 3.90. The Hall–Kier alpha value is -1.06. The summed E-state index contributed by atoms with van der Waals surface area (Å²) in [5.41, 5.74) is 3.19. The van der Waals surface area contributed by atoms with Crippen molar-refractivity contribution in [1.29, 1.82) is 0 Å². The SMILES string of the molecule is COCCCN1CC2(CCCCC2)NCc2ccccc21. The third kappa shape index (κ3) is 3.41. The summed E-state index contributed by atoms with van der Waals surface area (Å²) in [6.07, 6.45) is 7.88. The van der Waals surface area contributed by atoms with Gasteiger partial charge in [-0.05, 0) is 30.9 Å². The van der Waals surface area contributed by atoms with E-state index in [2.05, 4.69) is 34.5 Å². The minimum Gasteiger partial charge on any atom is -0.385 e. The fourth-order valence-electron chi connectivity index (χ4n) is 3.92. The monoisotopic (exact) mass is 288 g/mol. The lowest BCUT2D eigenvalue weighted by Gasteiger charge is -2.40. The van der Waals surface area contributed by atoms with Crippen molar-refractivity contribution in [3.05, 3.63) is 29.8 Å².